The van der Waals surface area contributed by atoms with Gasteiger partial charge in [-0.2, -0.15) is 0 Å². The average Bonchev–Trinajstić information content (AvgIpc) is 3.39. The first kappa shape index (κ1) is 20.0. The van der Waals surface area contributed by atoms with Gasteiger partial charge in [-0.25, -0.2) is 14.8 Å². The van der Waals surface area contributed by atoms with Crippen molar-refractivity contribution < 1.29 is 14.4 Å². The molecule has 4 heterocycles. The van der Waals surface area contributed by atoms with Gasteiger partial charge in [0.1, 0.15) is 5.82 Å². The normalized spacial score (nSPS) is 17.7. The van der Waals surface area contributed by atoms with E-state index in [9.17, 15) is 4.79 Å². The van der Waals surface area contributed by atoms with E-state index in [1.165, 1.54) is 0 Å². The Morgan fingerprint density at radius 1 is 1.19 bits per heavy atom. The fourth-order valence-electron chi connectivity index (χ4n) is 3.91. The SMILES string of the molecule is CC(Cc1nc2nc(-c3ccc(N4CCOCC4)cc3)c(Cl)cc2[nH]1)C1=NOC(=O)C1. The fourth-order valence-corrected chi connectivity index (χ4v) is 4.17. The van der Waals surface area contributed by atoms with Gasteiger partial charge in [-0.1, -0.05) is 35.8 Å². The van der Waals surface area contributed by atoms with Crippen LogP contribution in [0.2, 0.25) is 5.02 Å². The molecule has 1 fully saturated rings. The molecule has 9 heteroatoms. The van der Waals surface area contributed by atoms with Crippen molar-refractivity contribution >= 4 is 40.1 Å². The van der Waals surface area contributed by atoms with E-state index in [0.29, 0.717) is 22.8 Å². The Labute approximate surface area is 184 Å². The van der Waals surface area contributed by atoms with Crippen LogP contribution >= 0.6 is 11.6 Å². The quantitative estimate of drug-likeness (QED) is 0.610. The number of pyridine rings is 1. The van der Waals surface area contributed by atoms with Gasteiger partial charge in [0, 0.05) is 36.7 Å². The van der Waals surface area contributed by atoms with Gasteiger partial charge >= 0.3 is 5.97 Å². The highest BCUT2D eigenvalue weighted by atomic mass is 35.5. The van der Waals surface area contributed by atoms with Crippen LogP contribution in [0, 0.1) is 5.92 Å². The molecule has 0 spiro atoms. The molecule has 1 N–H and O–H groups in total. The third-order valence-electron chi connectivity index (χ3n) is 5.65. The molecule has 1 unspecified atom stereocenters. The number of carbonyl (C=O) groups excluding carboxylic acids is 1. The zero-order valence-corrected chi connectivity index (χ0v) is 17.9. The Morgan fingerprint density at radius 2 is 1.97 bits per heavy atom. The van der Waals surface area contributed by atoms with Crippen LogP contribution < -0.4 is 4.90 Å². The second-order valence-corrected chi connectivity index (χ2v) is 8.25. The zero-order chi connectivity index (χ0) is 21.4. The van der Waals surface area contributed by atoms with E-state index in [-0.39, 0.29) is 18.3 Å². The van der Waals surface area contributed by atoms with Crippen molar-refractivity contribution in [1.82, 2.24) is 15.0 Å². The molecule has 1 aromatic carbocycles. The summed E-state index contributed by atoms with van der Waals surface area (Å²) in [6.45, 7) is 5.29. The second-order valence-electron chi connectivity index (χ2n) is 7.85. The monoisotopic (exact) mass is 439 g/mol. The van der Waals surface area contributed by atoms with Crippen LogP contribution in [0.1, 0.15) is 19.2 Å². The Balaban J connectivity index is 1.37. The van der Waals surface area contributed by atoms with E-state index in [1.807, 2.05) is 25.1 Å². The number of hydrogen-bond donors (Lipinski definition) is 1. The lowest BCUT2D eigenvalue weighted by molar-refractivity contribution is -0.140. The first-order chi connectivity index (χ1) is 15.1. The number of halogens is 1. The molecule has 8 nitrogen and oxygen atoms in total. The summed E-state index contributed by atoms with van der Waals surface area (Å²) >= 11 is 6.55. The molecule has 0 bridgehead atoms. The minimum absolute atomic E-state index is 0.0367. The molecule has 2 aliphatic heterocycles. The summed E-state index contributed by atoms with van der Waals surface area (Å²) in [6.07, 6.45) is 0.836. The van der Waals surface area contributed by atoms with Crippen LogP contribution in [0.25, 0.3) is 22.4 Å². The average molecular weight is 440 g/mol. The van der Waals surface area contributed by atoms with Gasteiger partial charge in [-0.05, 0) is 18.2 Å². The van der Waals surface area contributed by atoms with Crippen LogP contribution in [-0.4, -0.2) is 52.9 Å². The summed E-state index contributed by atoms with van der Waals surface area (Å²) in [5.74, 6) is 0.492. The molecular weight excluding hydrogens is 418 g/mol. The van der Waals surface area contributed by atoms with E-state index in [4.69, 9.17) is 26.2 Å². The van der Waals surface area contributed by atoms with Crippen molar-refractivity contribution in [3.05, 3.63) is 41.2 Å². The van der Waals surface area contributed by atoms with Gasteiger partial charge in [0.2, 0.25) is 0 Å². The zero-order valence-electron chi connectivity index (χ0n) is 17.1. The highest BCUT2D eigenvalue weighted by molar-refractivity contribution is 6.33. The first-order valence-corrected chi connectivity index (χ1v) is 10.7. The minimum atomic E-state index is -0.316. The molecular formula is C22H22ClN5O3. The summed E-state index contributed by atoms with van der Waals surface area (Å²) in [4.78, 5) is 30.9. The van der Waals surface area contributed by atoms with E-state index in [2.05, 4.69) is 32.2 Å². The van der Waals surface area contributed by atoms with Gasteiger partial charge in [0.25, 0.3) is 0 Å². The third-order valence-corrected chi connectivity index (χ3v) is 5.94. The number of carbonyl (C=O) groups is 1. The largest absolute Gasteiger partial charge is 0.378 e. The number of benzene rings is 1. The lowest BCUT2D eigenvalue weighted by atomic mass is 9.99. The molecule has 2 aromatic heterocycles. The molecule has 1 atom stereocenters. The summed E-state index contributed by atoms with van der Waals surface area (Å²) in [5.41, 5.74) is 4.93. The van der Waals surface area contributed by atoms with Crippen molar-refractivity contribution in [2.45, 2.75) is 19.8 Å². The van der Waals surface area contributed by atoms with Crippen LogP contribution in [0.3, 0.4) is 0 Å². The number of H-pyrrole nitrogens is 1. The second kappa shape index (κ2) is 8.28. The van der Waals surface area contributed by atoms with Crippen molar-refractivity contribution in [2.24, 2.45) is 11.1 Å². The number of rotatable bonds is 5. The maximum absolute atomic E-state index is 11.3. The van der Waals surface area contributed by atoms with Gasteiger partial charge in [-0.3, -0.25) is 0 Å². The molecule has 31 heavy (non-hydrogen) atoms. The molecule has 1 saturated heterocycles. The van der Waals surface area contributed by atoms with E-state index in [1.54, 1.807) is 0 Å². The number of aromatic amines is 1. The maximum Gasteiger partial charge on any atom is 0.340 e. The minimum Gasteiger partial charge on any atom is -0.378 e. The van der Waals surface area contributed by atoms with Crippen molar-refractivity contribution in [1.29, 1.82) is 0 Å². The Bertz CT molecular complexity index is 1150. The van der Waals surface area contributed by atoms with Gasteiger partial charge in [-0.15, -0.1) is 0 Å². The van der Waals surface area contributed by atoms with E-state index in [0.717, 1.165) is 54.6 Å². The van der Waals surface area contributed by atoms with Crippen LogP contribution in [-0.2, 0) is 20.8 Å². The Kier molecular flexibility index (Phi) is 5.33. The summed E-state index contributed by atoms with van der Waals surface area (Å²) < 4.78 is 5.42. The van der Waals surface area contributed by atoms with Crippen LogP contribution in [0.5, 0.6) is 0 Å². The first-order valence-electron chi connectivity index (χ1n) is 10.3. The predicted octanol–water partition coefficient (Wildman–Crippen LogP) is 3.60. The predicted molar refractivity (Wildman–Crippen MR) is 118 cm³/mol. The number of fused-ring (bicyclic) bond motifs is 1. The number of nitrogens with zero attached hydrogens (tertiary/aromatic N) is 4. The van der Waals surface area contributed by atoms with Crippen molar-refractivity contribution in [3.63, 3.8) is 0 Å². The number of anilines is 1. The van der Waals surface area contributed by atoms with Crippen LogP contribution in [0.4, 0.5) is 5.69 Å². The van der Waals surface area contributed by atoms with Gasteiger partial charge < -0.3 is 19.5 Å². The van der Waals surface area contributed by atoms with E-state index < -0.39 is 0 Å². The Hall–Kier alpha value is -2.97. The number of ether oxygens (including phenoxy) is 1. The summed E-state index contributed by atoms with van der Waals surface area (Å²) in [7, 11) is 0. The number of hydrogen-bond acceptors (Lipinski definition) is 7. The highest BCUT2D eigenvalue weighted by Crippen LogP contribution is 2.30. The number of aromatic nitrogens is 3. The van der Waals surface area contributed by atoms with Crippen LogP contribution in [0.15, 0.2) is 35.5 Å². The van der Waals surface area contributed by atoms with Gasteiger partial charge in [0.05, 0.1) is 41.6 Å². The highest BCUT2D eigenvalue weighted by Gasteiger charge is 2.24. The molecule has 160 valence electrons. The summed E-state index contributed by atoms with van der Waals surface area (Å²) in [6, 6.07) is 10.1. The summed E-state index contributed by atoms with van der Waals surface area (Å²) in [5, 5.41) is 4.42. The molecule has 3 aromatic rings. The molecule has 5 rings (SSSR count). The molecule has 0 aliphatic carbocycles. The smallest absolute Gasteiger partial charge is 0.340 e. The topological polar surface area (TPSA) is 92.7 Å². The number of oxime groups is 1. The van der Waals surface area contributed by atoms with Crippen molar-refractivity contribution in [2.75, 3.05) is 31.2 Å². The maximum atomic E-state index is 11.3. The number of nitrogens with one attached hydrogen (secondary N) is 1. The van der Waals surface area contributed by atoms with Crippen molar-refractivity contribution in [3.8, 4) is 11.3 Å². The third kappa shape index (κ3) is 4.13. The fraction of sp³-hybridized carbons (Fsp3) is 0.364. The molecule has 0 saturated carbocycles. The number of morpholine rings is 1. The molecule has 2 aliphatic rings. The lowest BCUT2D eigenvalue weighted by Gasteiger charge is -2.28. The van der Waals surface area contributed by atoms with Gasteiger partial charge in [0.15, 0.2) is 5.65 Å². The Morgan fingerprint density at radius 3 is 2.68 bits per heavy atom. The number of imidazole rings is 1. The standard InChI is InChI=1S/C22H22ClN5O3/c1-13(17-12-20(29)31-27-17)10-19-24-18-11-16(23)21(26-22(18)25-19)14-2-4-15(5-3-14)28-6-8-30-9-7-28/h2-5,11,13H,6-10,12H2,1H3,(H,24,25,26). The lowest BCUT2D eigenvalue weighted by Crippen LogP contribution is -2.36. The van der Waals surface area contributed by atoms with E-state index >= 15 is 0 Å². The molecule has 0 amide bonds. The molecule has 0 radical (unpaired) electrons.